The van der Waals surface area contributed by atoms with Crippen LogP contribution in [0, 0.1) is 0 Å². The van der Waals surface area contributed by atoms with Crippen molar-refractivity contribution in [3.05, 3.63) is 67.3 Å². The van der Waals surface area contributed by atoms with Crippen molar-refractivity contribution in [1.82, 2.24) is 25.1 Å². The smallest absolute Gasteiger partial charge is 0.116 e. The minimum Gasteiger partial charge on any atom is -0.371 e. The molecule has 1 aromatic carbocycles. The summed E-state index contributed by atoms with van der Waals surface area (Å²) in [4.78, 5) is 15.2. The van der Waals surface area contributed by atoms with Gasteiger partial charge >= 0.3 is 0 Å². The Morgan fingerprint density at radius 2 is 1.91 bits per heavy atom. The maximum atomic E-state index is 4.66. The lowest BCUT2D eigenvalue weighted by atomic mass is 10.1. The first kappa shape index (κ1) is 21.4. The quantitative estimate of drug-likeness (QED) is 0.268. The lowest BCUT2D eigenvalue weighted by Crippen LogP contribution is -2.29. The van der Waals surface area contributed by atoms with Gasteiger partial charge in [-0.05, 0) is 56.0 Å². The third-order valence-electron chi connectivity index (χ3n) is 6.82. The van der Waals surface area contributed by atoms with E-state index in [9.17, 15) is 0 Å². The Bertz CT molecular complexity index is 1520. The molecule has 0 atom stereocenters. The van der Waals surface area contributed by atoms with Crippen molar-refractivity contribution >= 4 is 33.2 Å². The Morgan fingerprint density at radius 3 is 2.77 bits per heavy atom. The molecule has 1 fully saturated rings. The number of nitrogens with one attached hydrogen (secondary N) is 3. The molecule has 6 rings (SSSR count). The first-order valence-corrected chi connectivity index (χ1v) is 12.3. The lowest BCUT2D eigenvalue weighted by molar-refractivity contribution is 0.579. The van der Waals surface area contributed by atoms with Gasteiger partial charge in [-0.3, -0.25) is 15.1 Å². The van der Waals surface area contributed by atoms with Crippen molar-refractivity contribution in [3.8, 4) is 22.6 Å². The van der Waals surface area contributed by atoms with Crippen molar-refractivity contribution < 1.29 is 0 Å². The second-order valence-electron chi connectivity index (χ2n) is 9.20. The number of rotatable bonds is 6. The van der Waals surface area contributed by atoms with E-state index in [4.69, 9.17) is 0 Å². The summed E-state index contributed by atoms with van der Waals surface area (Å²) in [6.45, 7) is 8.34. The van der Waals surface area contributed by atoms with Crippen LogP contribution in [0.15, 0.2) is 67.3 Å². The Labute approximate surface area is 204 Å². The summed E-state index contributed by atoms with van der Waals surface area (Å²) in [6, 6.07) is 12.9. The first-order valence-electron chi connectivity index (χ1n) is 12.3. The molecular formula is C28H29N7. The standard InChI is InChI=1S/C28H29N7/c1-3-18(2)31-20-12-19(15-29-16-20)24-14-22-26(17-30-24)33-34-28(22)25-13-21-23(32-25)8-7-9-27(21)35-10-5-4-6-11-35/h7-9,12-17,31-32H,2-6,10-11H2,1H3,(H,33,34). The van der Waals surface area contributed by atoms with E-state index in [0.29, 0.717) is 0 Å². The van der Waals surface area contributed by atoms with E-state index >= 15 is 0 Å². The molecule has 0 spiro atoms. The predicted octanol–water partition coefficient (Wildman–Crippen LogP) is 6.49. The van der Waals surface area contributed by atoms with Crippen molar-refractivity contribution in [2.75, 3.05) is 23.3 Å². The molecule has 0 aliphatic carbocycles. The fourth-order valence-electron chi connectivity index (χ4n) is 4.90. The number of aromatic amines is 2. The molecule has 3 N–H and O–H groups in total. The molecule has 1 saturated heterocycles. The second-order valence-corrected chi connectivity index (χ2v) is 9.20. The van der Waals surface area contributed by atoms with E-state index in [0.717, 1.165) is 70.0 Å². The van der Waals surface area contributed by atoms with Gasteiger partial charge in [-0.25, -0.2) is 0 Å². The summed E-state index contributed by atoms with van der Waals surface area (Å²) < 4.78 is 0. The van der Waals surface area contributed by atoms with E-state index in [-0.39, 0.29) is 0 Å². The van der Waals surface area contributed by atoms with Crippen LogP contribution in [0.2, 0.25) is 0 Å². The van der Waals surface area contributed by atoms with Crippen molar-refractivity contribution in [1.29, 1.82) is 0 Å². The second kappa shape index (κ2) is 8.91. The number of hydrogen-bond acceptors (Lipinski definition) is 5. The van der Waals surface area contributed by atoms with Crippen LogP contribution in [0.1, 0.15) is 32.6 Å². The molecule has 0 unspecified atom stereocenters. The summed E-state index contributed by atoms with van der Waals surface area (Å²) in [5.74, 6) is 0. The van der Waals surface area contributed by atoms with Gasteiger partial charge < -0.3 is 15.2 Å². The normalized spacial score (nSPS) is 14.0. The van der Waals surface area contributed by atoms with Gasteiger partial charge in [0.1, 0.15) is 5.69 Å². The summed E-state index contributed by atoms with van der Waals surface area (Å²) in [7, 11) is 0. The van der Waals surface area contributed by atoms with Crippen molar-refractivity contribution in [2.24, 2.45) is 0 Å². The molecule has 1 aliphatic rings. The molecule has 5 heterocycles. The highest BCUT2D eigenvalue weighted by molar-refractivity contribution is 6.00. The molecule has 7 nitrogen and oxygen atoms in total. The Kier molecular flexibility index (Phi) is 5.45. The molecule has 35 heavy (non-hydrogen) atoms. The number of anilines is 2. The zero-order chi connectivity index (χ0) is 23.8. The largest absolute Gasteiger partial charge is 0.371 e. The number of H-pyrrole nitrogens is 2. The van der Waals surface area contributed by atoms with Gasteiger partial charge in [0.05, 0.1) is 35.0 Å². The minimum atomic E-state index is 0.850. The third-order valence-corrected chi connectivity index (χ3v) is 6.82. The molecule has 0 radical (unpaired) electrons. The number of fused-ring (bicyclic) bond motifs is 2. The molecule has 5 aromatic rings. The average molecular weight is 464 g/mol. The van der Waals surface area contributed by atoms with Crippen LogP contribution < -0.4 is 10.2 Å². The topological polar surface area (TPSA) is 85.5 Å². The van der Waals surface area contributed by atoms with Crippen LogP contribution in [0.4, 0.5) is 11.4 Å². The highest BCUT2D eigenvalue weighted by Crippen LogP contribution is 2.35. The van der Waals surface area contributed by atoms with Gasteiger partial charge in [0.2, 0.25) is 0 Å². The van der Waals surface area contributed by atoms with Crippen LogP contribution in [0.25, 0.3) is 44.5 Å². The monoisotopic (exact) mass is 463 g/mol. The van der Waals surface area contributed by atoms with E-state index in [1.165, 1.54) is 30.3 Å². The number of benzene rings is 1. The summed E-state index contributed by atoms with van der Waals surface area (Å²) >= 11 is 0. The van der Waals surface area contributed by atoms with Gasteiger partial charge in [-0.1, -0.05) is 19.6 Å². The van der Waals surface area contributed by atoms with Crippen molar-refractivity contribution in [3.63, 3.8) is 0 Å². The number of aromatic nitrogens is 5. The highest BCUT2D eigenvalue weighted by Gasteiger charge is 2.17. The molecule has 4 aromatic heterocycles. The van der Waals surface area contributed by atoms with Gasteiger partial charge in [0.15, 0.2) is 0 Å². The summed E-state index contributed by atoms with van der Waals surface area (Å²) in [5, 5.41) is 13.4. The summed E-state index contributed by atoms with van der Waals surface area (Å²) in [6.07, 6.45) is 10.2. The van der Waals surface area contributed by atoms with E-state index < -0.39 is 0 Å². The Hall–Kier alpha value is -4.13. The Balaban J connectivity index is 1.39. The number of piperidine rings is 1. The summed E-state index contributed by atoms with van der Waals surface area (Å²) in [5.41, 5.74) is 8.88. The predicted molar refractivity (Wildman–Crippen MR) is 144 cm³/mol. The van der Waals surface area contributed by atoms with Crippen LogP contribution >= 0.6 is 0 Å². The highest BCUT2D eigenvalue weighted by atomic mass is 15.1. The maximum absolute atomic E-state index is 4.66. The Morgan fingerprint density at radius 1 is 1.03 bits per heavy atom. The van der Waals surface area contributed by atoms with Crippen LogP contribution in [0.3, 0.4) is 0 Å². The average Bonchev–Trinajstić information content (AvgIpc) is 3.53. The van der Waals surface area contributed by atoms with E-state index in [2.05, 4.69) is 85.3 Å². The van der Waals surface area contributed by atoms with E-state index in [1.807, 2.05) is 12.4 Å². The van der Waals surface area contributed by atoms with Crippen LogP contribution in [0.5, 0.6) is 0 Å². The third kappa shape index (κ3) is 4.03. The number of hydrogen-bond donors (Lipinski definition) is 3. The van der Waals surface area contributed by atoms with Crippen LogP contribution in [-0.2, 0) is 0 Å². The fraction of sp³-hybridized carbons (Fsp3) is 0.250. The van der Waals surface area contributed by atoms with Gasteiger partial charge in [-0.15, -0.1) is 0 Å². The van der Waals surface area contributed by atoms with Crippen molar-refractivity contribution in [2.45, 2.75) is 32.6 Å². The van der Waals surface area contributed by atoms with Gasteiger partial charge in [-0.2, -0.15) is 5.10 Å². The zero-order valence-electron chi connectivity index (χ0n) is 19.9. The first-order chi connectivity index (χ1) is 17.2. The van der Waals surface area contributed by atoms with Gasteiger partial charge in [0, 0.05) is 52.5 Å². The lowest BCUT2D eigenvalue weighted by Gasteiger charge is -2.29. The van der Waals surface area contributed by atoms with Gasteiger partial charge in [0.25, 0.3) is 0 Å². The molecule has 7 heteroatoms. The molecule has 0 saturated carbocycles. The SMILES string of the molecule is C=C(CC)Nc1cncc(-c2cc3c(-c4cc5c(N6CCCCC6)cccc5[nH]4)n[nH]c3cn2)c1. The molecule has 0 bridgehead atoms. The van der Waals surface area contributed by atoms with Crippen LogP contribution in [-0.4, -0.2) is 38.2 Å². The number of nitrogens with zero attached hydrogens (tertiary/aromatic N) is 4. The maximum Gasteiger partial charge on any atom is 0.116 e. The number of allylic oxidation sites excluding steroid dienone is 1. The molecule has 1 aliphatic heterocycles. The molecular weight excluding hydrogens is 434 g/mol. The number of pyridine rings is 2. The van der Waals surface area contributed by atoms with E-state index in [1.54, 1.807) is 6.20 Å². The molecule has 0 amide bonds. The molecule has 176 valence electrons. The zero-order valence-corrected chi connectivity index (χ0v) is 19.9. The minimum absolute atomic E-state index is 0.850. The fourth-order valence-corrected chi connectivity index (χ4v) is 4.90.